The van der Waals surface area contributed by atoms with E-state index in [1.165, 1.54) is 13.3 Å². The molecule has 30 heavy (non-hydrogen) atoms. The first-order valence-corrected chi connectivity index (χ1v) is 9.53. The second kappa shape index (κ2) is 12.1. The monoisotopic (exact) mass is 473 g/mol. The fourth-order valence-corrected chi connectivity index (χ4v) is 2.70. The predicted octanol–water partition coefficient (Wildman–Crippen LogP) is 2.85. The van der Waals surface area contributed by atoms with E-state index in [1.807, 2.05) is 30.3 Å². The molecule has 9 heteroatoms. The van der Waals surface area contributed by atoms with Crippen molar-refractivity contribution in [3.63, 3.8) is 0 Å². The van der Waals surface area contributed by atoms with Gasteiger partial charge in [0.1, 0.15) is 19.8 Å². The van der Waals surface area contributed by atoms with Gasteiger partial charge in [-0.2, -0.15) is 5.10 Å². The molecule has 0 aromatic heterocycles. The molecular formula is C21H20BrN3O5. The molecule has 2 aromatic rings. The molecule has 2 aromatic carbocycles. The SMILES string of the molecule is C#CCOc1c(C=NNC(=O)CNC(=O)OCc2ccccc2)cc(Br)cc1OC. The van der Waals surface area contributed by atoms with E-state index < -0.39 is 12.0 Å². The molecule has 0 spiro atoms. The third-order valence-corrected chi connectivity index (χ3v) is 4.02. The van der Waals surface area contributed by atoms with Crippen LogP contribution in [-0.2, 0) is 16.1 Å². The second-order valence-corrected chi connectivity index (χ2v) is 6.64. The van der Waals surface area contributed by atoms with Crippen molar-refractivity contribution in [2.75, 3.05) is 20.3 Å². The number of carbonyl (C=O) groups is 2. The molecule has 0 radical (unpaired) electrons. The summed E-state index contributed by atoms with van der Waals surface area (Å²) < 4.78 is 16.5. The third-order valence-electron chi connectivity index (χ3n) is 3.57. The van der Waals surface area contributed by atoms with Crippen molar-refractivity contribution in [1.82, 2.24) is 10.7 Å². The Bertz CT molecular complexity index is 942. The maximum Gasteiger partial charge on any atom is 0.407 e. The minimum atomic E-state index is -0.709. The molecule has 2 rings (SSSR count). The van der Waals surface area contributed by atoms with Gasteiger partial charge in [-0.3, -0.25) is 4.79 Å². The Morgan fingerprint density at radius 3 is 2.73 bits per heavy atom. The topological polar surface area (TPSA) is 98.2 Å². The first-order chi connectivity index (χ1) is 14.5. The number of carbonyl (C=O) groups excluding carboxylic acids is 2. The van der Waals surface area contributed by atoms with Crippen LogP contribution in [0.15, 0.2) is 52.0 Å². The summed E-state index contributed by atoms with van der Waals surface area (Å²) >= 11 is 3.36. The van der Waals surface area contributed by atoms with Crippen LogP contribution < -0.4 is 20.2 Å². The number of terminal acetylenes is 1. The molecule has 0 fully saturated rings. The lowest BCUT2D eigenvalue weighted by molar-refractivity contribution is -0.120. The number of hydrogen-bond acceptors (Lipinski definition) is 6. The number of halogens is 1. The number of methoxy groups -OCH3 is 1. The number of hydrazone groups is 1. The van der Waals surface area contributed by atoms with Gasteiger partial charge in [-0.05, 0) is 17.7 Å². The number of hydrogen-bond donors (Lipinski definition) is 2. The predicted molar refractivity (Wildman–Crippen MR) is 115 cm³/mol. The Morgan fingerprint density at radius 1 is 1.27 bits per heavy atom. The third kappa shape index (κ3) is 7.48. The largest absolute Gasteiger partial charge is 0.493 e. The van der Waals surface area contributed by atoms with Gasteiger partial charge in [0, 0.05) is 10.0 Å². The molecule has 0 unspecified atom stereocenters. The van der Waals surface area contributed by atoms with E-state index >= 15 is 0 Å². The van der Waals surface area contributed by atoms with E-state index in [2.05, 4.69) is 37.7 Å². The highest BCUT2D eigenvalue weighted by atomic mass is 79.9. The maximum atomic E-state index is 11.9. The van der Waals surface area contributed by atoms with Crippen LogP contribution in [0.5, 0.6) is 11.5 Å². The van der Waals surface area contributed by atoms with Crippen LogP contribution in [0.2, 0.25) is 0 Å². The number of ether oxygens (including phenoxy) is 3. The maximum absolute atomic E-state index is 11.9. The fourth-order valence-electron chi connectivity index (χ4n) is 2.24. The minimum absolute atomic E-state index is 0.0419. The highest BCUT2D eigenvalue weighted by Crippen LogP contribution is 2.33. The van der Waals surface area contributed by atoms with Crippen molar-refractivity contribution in [2.45, 2.75) is 6.61 Å². The summed E-state index contributed by atoms with van der Waals surface area (Å²) in [7, 11) is 1.50. The normalized spacial score (nSPS) is 10.2. The zero-order valence-corrected chi connectivity index (χ0v) is 17.8. The second-order valence-electron chi connectivity index (χ2n) is 5.73. The van der Waals surface area contributed by atoms with Gasteiger partial charge in [-0.25, -0.2) is 10.2 Å². The molecule has 156 valence electrons. The molecule has 0 aliphatic heterocycles. The quantitative estimate of drug-likeness (QED) is 0.331. The van der Waals surface area contributed by atoms with Crippen LogP contribution in [0, 0.1) is 12.3 Å². The smallest absolute Gasteiger partial charge is 0.407 e. The van der Waals surface area contributed by atoms with Crippen molar-refractivity contribution in [3.05, 3.63) is 58.1 Å². The van der Waals surface area contributed by atoms with Crippen LogP contribution in [0.1, 0.15) is 11.1 Å². The Kier molecular flexibility index (Phi) is 9.21. The van der Waals surface area contributed by atoms with Crippen molar-refractivity contribution in [3.8, 4) is 23.8 Å². The van der Waals surface area contributed by atoms with Gasteiger partial charge >= 0.3 is 6.09 Å². The van der Waals surface area contributed by atoms with Gasteiger partial charge in [0.2, 0.25) is 0 Å². The summed E-state index contributed by atoms with van der Waals surface area (Å²) in [6.45, 7) is -0.148. The zero-order valence-electron chi connectivity index (χ0n) is 16.2. The molecule has 2 amide bonds. The first-order valence-electron chi connectivity index (χ1n) is 8.73. The summed E-state index contributed by atoms with van der Waals surface area (Å²) in [6.07, 6.45) is 5.91. The lowest BCUT2D eigenvalue weighted by Gasteiger charge is -2.12. The molecule has 0 bridgehead atoms. The average Bonchev–Trinajstić information content (AvgIpc) is 2.75. The number of nitrogens with one attached hydrogen (secondary N) is 2. The van der Waals surface area contributed by atoms with Gasteiger partial charge in [-0.15, -0.1) is 6.42 Å². The number of rotatable bonds is 9. The van der Waals surface area contributed by atoms with E-state index in [4.69, 9.17) is 20.6 Å². The molecule has 0 aliphatic rings. The van der Waals surface area contributed by atoms with Gasteiger partial charge in [0.05, 0.1) is 13.3 Å². The highest BCUT2D eigenvalue weighted by Gasteiger charge is 2.12. The molecule has 0 saturated carbocycles. The molecule has 0 atom stereocenters. The summed E-state index contributed by atoms with van der Waals surface area (Å²) in [4.78, 5) is 23.5. The minimum Gasteiger partial charge on any atom is -0.493 e. The fraction of sp³-hybridized carbons (Fsp3) is 0.190. The van der Waals surface area contributed by atoms with E-state index in [0.717, 1.165) is 10.0 Å². The van der Waals surface area contributed by atoms with Crippen LogP contribution in [-0.4, -0.2) is 38.5 Å². The van der Waals surface area contributed by atoms with Crippen LogP contribution in [0.4, 0.5) is 4.79 Å². The molecule has 8 nitrogen and oxygen atoms in total. The average molecular weight is 474 g/mol. The Hall–Kier alpha value is -3.51. The van der Waals surface area contributed by atoms with E-state index in [0.29, 0.717) is 17.1 Å². The number of amides is 2. The summed E-state index contributed by atoms with van der Waals surface area (Å²) in [5.41, 5.74) is 3.68. The van der Waals surface area contributed by atoms with Crippen LogP contribution >= 0.6 is 15.9 Å². The van der Waals surface area contributed by atoms with Crippen molar-refractivity contribution in [1.29, 1.82) is 0 Å². The molecule has 0 aliphatic carbocycles. The highest BCUT2D eigenvalue weighted by molar-refractivity contribution is 9.10. The summed E-state index contributed by atoms with van der Waals surface area (Å²) in [5, 5.41) is 6.22. The van der Waals surface area contributed by atoms with Crippen LogP contribution in [0.25, 0.3) is 0 Å². The first kappa shape index (κ1) is 22.8. The summed E-state index contributed by atoms with van der Waals surface area (Å²) in [6, 6.07) is 12.6. The van der Waals surface area contributed by atoms with Gasteiger partial charge in [-0.1, -0.05) is 52.2 Å². The Morgan fingerprint density at radius 2 is 2.03 bits per heavy atom. The Balaban J connectivity index is 1.86. The Labute approximate surface area is 182 Å². The lowest BCUT2D eigenvalue weighted by Crippen LogP contribution is -2.35. The summed E-state index contributed by atoms with van der Waals surface area (Å²) in [5.74, 6) is 2.69. The number of benzene rings is 2. The number of alkyl carbamates (subject to hydrolysis) is 1. The molecule has 2 N–H and O–H groups in total. The number of nitrogens with zero attached hydrogens (tertiary/aromatic N) is 1. The van der Waals surface area contributed by atoms with E-state index in [1.54, 1.807) is 12.1 Å². The zero-order chi connectivity index (χ0) is 21.8. The van der Waals surface area contributed by atoms with Crippen LogP contribution in [0.3, 0.4) is 0 Å². The van der Waals surface area contributed by atoms with Crippen molar-refractivity contribution in [2.24, 2.45) is 5.10 Å². The molecular weight excluding hydrogens is 454 g/mol. The van der Waals surface area contributed by atoms with Crippen molar-refractivity contribution >= 4 is 34.1 Å². The van der Waals surface area contributed by atoms with Gasteiger partial charge in [0.25, 0.3) is 5.91 Å². The van der Waals surface area contributed by atoms with E-state index in [9.17, 15) is 9.59 Å². The molecule has 0 saturated heterocycles. The van der Waals surface area contributed by atoms with Gasteiger partial charge in [0.15, 0.2) is 11.5 Å². The van der Waals surface area contributed by atoms with Crippen molar-refractivity contribution < 1.29 is 23.8 Å². The van der Waals surface area contributed by atoms with Gasteiger partial charge < -0.3 is 19.5 Å². The standard InChI is InChI=1S/C21H20BrN3O5/c1-3-9-29-20-16(10-17(22)11-18(20)28-2)12-24-25-19(26)13-23-21(27)30-14-15-7-5-4-6-8-15/h1,4-8,10-12H,9,13-14H2,2H3,(H,23,27)(H,25,26). The van der Waals surface area contributed by atoms with E-state index in [-0.39, 0.29) is 19.8 Å². The lowest BCUT2D eigenvalue weighted by atomic mass is 10.2. The molecule has 0 heterocycles.